The van der Waals surface area contributed by atoms with E-state index in [0.717, 1.165) is 12.8 Å². The van der Waals surface area contributed by atoms with Gasteiger partial charge in [0.15, 0.2) is 0 Å². The molecule has 0 aliphatic carbocycles. The van der Waals surface area contributed by atoms with E-state index in [-0.39, 0.29) is 11.0 Å². The van der Waals surface area contributed by atoms with Crippen molar-refractivity contribution >= 4 is 0 Å². The van der Waals surface area contributed by atoms with E-state index < -0.39 is 0 Å². The second-order valence-corrected chi connectivity index (χ2v) is 8.97. The molecule has 0 aromatic heterocycles. The lowest BCUT2D eigenvalue weighted by molar-refractivity contribution is 0.125. The number of hydrogen-bond donors (Lipinski definition) is 1. The first-order valence-electron chi connectivity index (χ1n) is 11.3. The third-order valence-corrected chi connectivity index (χ3v) is 6.45. The molecule has 1 aromatic rings. The lowest BCUT2D eigenvalue weighted by Gasteiger charge is -2.45. The van der Waals surface area contributed by atoms with E-state index in [1.54, 1.807) is 0 Å². The van der Waals surface area contributed by atoms with E-state index in [2.05, 4.69) is 58.0 Å². The van der Waals surface area contributed by atoms with Gasteiger partial charge in [-0.1, -0.05) is 115 Å². The molecular weight excluding hydrogens is 314 g/mol. The van der Waals surface area contributed by atoms with E-state index in [4.69, 9.17) is 5.73 Å². The molecule has 0 bridgehead atoms. The van der Waals surface area contributed by atoms with Gasteiger partial charge in [0.2, 0.25) is 0 Å². The van der Waals surface area contributed by atoms with Gasteiger partial charge in [-0.3, -0.25) is 0 Å². The van der Waals surface area contributed by atoms with Crippen molar-refractivity contribution in [3.63, 3.8) is 0 Å². The Bertz CT molecular complexity index is 450. The molecule has 0 spiro atoms. The van der Waals surface area contributed by atoms with E-state index in [1.165, 1.54) is 76.2 Å². The maximum atomic E-state index is 6.99. The van der Waals surface area contributed by atoms with Gasteiger partial charge in [-0.15, -0.1) is 0 Å². The van der Waals surface area contributed by atoms with Crippen LogP contribution in [-0.2, 0) is 6.42 Å². The quantitative estimate of drug-likeness (QED) is 0.319. The van der Waals surface area contributed by atoms with Crippen molar-refractivity contribution < 1.29 is 0 Å². The molecule has 2 atom stereocenters. The minimum atomic E-state index is -0.0972. The van der Waals surface area contributed by atoms with Crippen LogP contribution in [0.15, 0.2) is 30.3 Å². The standard InChI is InChI=1S/C25H45N/c1-5-7-9-11-12-16-20-24(3,22-23-18-14-13-15-19-23)25(4,26)21-17-10-8-6-2/h13-15,18-19H,5-12,16-17,20-22,26H2,1-4H3. The van der Waals surface area contributed by atoms with Gasteiger partial charge in [0.25, 0.3) is 0 Å². The topological polar surface area (TPSA) is 26.0 Å². The summed E-state index contributed by atoms with van der Waals surface area (Å²) < 4.78 is 0. The molecule has 0 saturated heterocycles. The largest absolute Gasteiger partial charge is 0.325 e. The predicted octanol–water partition coefficient (Wildman–Crippen LogP) is 7.67. The van der Waals surface area contributed by atoms with Crippen LogP contribution in [0.5, 0.6) is 0 Å². The third-order valence-electron chi connectivity index (χ3n) is 6.45. The van der Waals surface area contributed by atoms with Crippen molar-refractivity contribution in [3.8, 4) is 0 Å². The highest BCUT2D eigenvalue weighted by Crippen LogP contribution is 2.41. The SMILES string of the molecule is CCCCCCCCC(C)(Cc1ccccc1)C(C)(N)CCCCCC. The summed E-state index contributed by atoms with van der Waals surface area (Å²) in [4.78, 5) is 0. The molecular formula is C25H45N. The number of rotatable bonds is 15. The Kier molecular flexibility index (Phi) is 11.2. The average Bonchev–Trinajstić information content (AvgIpc) is 2.62. The second kappa shape index (κ2) is 12.5. The Labute approximate surface area is 164 Å². The molecule has 0 aliphatic heterocycles. The van der Waals surface area contributed by atoms with Crippen LogP contribution < -0.4 is 5.73 Å². The van der Waals surface area contributed by atoms with E-state index in [0.29, 0.717) is 0 Å². The second-order valence-electron chi connectivity index (χ2n) is 8.97. The predicted molar refractivity (Wildman–Crippen MR) is 118 cm³/mol. The van der Waals surface area contributed by atoms with Crippen LogP contribution >= 0.6 is 0 Å². The van der Waals surface area contributed by atoms with Gasteiger partial charge in [-0.2, -0.15) is 0 Å². The molecule has 0 amide bonds. The summed E-state index contributed by atoms with van der Waals surface area (Å²) in [6, 6.07) is 11.0. The van der Waals surface area contributed by atoms with Gasteiger partial charge >= 0.3 is 0 Å². The minimum absolute atomic E-state index is 0.0972. The third kappa shape index (κ3) is 8.25. The minimum Gasteiger partial charge on any atom is -0.325 e. The van der Waals surface area contributed by atoms with Crippen molar-refractivity contribution in [2.75, 3.05) is 0 Å². The molecule has 0 fully saturated rings. The Morgan fingerprint density at radius 3 is 1.81 bits per heavy atom. The average molecular weight is 360 g/mol. The highest BCUT2D eigenvalue weighted by Gasteiger charge is 2.40. The van der Waals surface area contributed by atoms with Gasteiger partial charge in [-0.05, 0) is 37.2 Å². The number of hydrogen-bond acceptors (Lipinski definition) is 1. The molecule has 0 aliphatic rings. The maximum absolute atomic E-state index is 6.99. The van der Waals surface area contributed by atoms with Gasteiger partial charge in [0.1, 0.15) is 0 Å². The highest BCUT2D eigenvalue weighted by molar-refractivity contribution is 5.18. The Balaban J connectivity index is 2.69. The molecule has 1 heteroatoms. The van der Waals surface area contributed by atoms with Crippen molar-refractivity contribution in [3.05, 3.63) is 35.9 Å². The van der Waals surface area contributed by atoms with Crippen LogP contribution in [0.4, 0.5) is 0 Å². The zero-order chi connectivity index (χ0) is 19.3. The van der Waals surface area contributed by atoms with E-state index >= 15 is 0 Å². The van der Waals surface area contributed by atoms with E-state index in [9.17, 15) is 0 Å². The summed E-state index contributed by atoms with van der Waals surface area (Å²) in [6.07, 6.45) is 16.9. The zero-order valence-corrected chi connectivity index (χ0v) is 18.2. The van der Waals surface area contributed by atoms with Gasteiger partial charge in [0.05, 0.1) is 0 Å². The fourth-order valence-corrected chi connectivity index (χ4v) is 4.14. The molecule has 1 aromatic carbocycles. The highest BCUT2D eigenvalue weighted by atomic mass is 14.8. The Hall–Kier alpha value is -0.820. The number of benzene rings is 1. The zero-order valence-electron chi connectivity index (χ0n) is 18.2. The number of unbranched alkanes of at least 4 members (excludes halogenated alkanes) is 8. The smallest absolute Gasteiger partial charge is 0.0183 e. The molecule has 26 heavy (non-hydrogen) atoms. The summed E-state index contributed by atoms with van der Waals surface area (Å²) in [5, 5.41) is 0. The first kappa shape index (κ1) is 23.2. The van der Waals surface area contributed by atoms with Crippen LogP contribution in [0.2, 0.25) is 0 Å². The van der Waals surface area contributed by atoms with E-state index in [1.807, 2.05) is 0 Å². The lowest BCUT2D eigenvalue weighted by Crippen LogP contribution is -2.52. The van der Waals surface area contributed by atoms with Gasteiger partial charge in [-0.25, -0.2) is 0 Å². The summed E-state index contributed by atoms with van der Waals surface area (Å²) >= 11 is 0. The molecule has 0 radical (unpaired) electrons. The molecule has 1 rings (SSSR count). The van der Waals surface area contributed by atoms with Crippen LogP contribution in [0, 0.1) is 5.41 Å². The molecule has 150 valence electrons. The Morgan fingerprint density at radius 2 is 1.19 bits per heavy atom. The van der Waals surface area contributed by atoms with Crippen molar-refractivity contribution in [1.82, 2.24) is 0 Å². The summed E-state index contributed by atoms with van der Waals surface area (Å²) in [5.74, 6) is 0. The molecule has 0 saturated carbocycles. The summed E-state index contributed by atoms with van der Waals surface area (Å²) in [5.41, 5.74) is 8.50. The fraction of sp³-hybridized carbons (Fsp3) is 0.760. The monoisotopic (exact) mass is 359 g/mol. The van der Waals surface area contributed by atoms with Gasteiger partial charge < -0.3 is 5.73 Å². The summed E-state index contributed by atoms with van der Waals surface area (Å²) in [6.45, 7) is 9.33. The van der Waals surface area contributed by atoms with Crippen LogP contribution in [-0.4, -0.2) is 5.54 Å². The number of nitrogens with two attached hydrogens (primary N) is 1. The first-order chi connectivity index (χ1) is 12.4. The van der Waals surface area contributed by atoms with Crippen molar-refractivity contribution in [2.24, 2.45) is 11.1 Å². The first-order valence-corrected chi connectivity index (χ1v) is 11.3. The van der Waals surface area contributed by atoms with Crippen LogP contribution in [0.3, 0.4) is 0 Å². The van der Waals surface area contributed by atoms with Crippen molar-refractivity contribution in [1.29, 1.82) is 0 Å². The normalized spacial score (nSPS) is 16.2. The van der Waals surface area contributed by atoms with Crippen molar-refractivity contribution in [2.45, 2.75) is 117 Å². The Morgan fingerprint density at radius 1 is 0.692 bits per heavy atom. The van der Waals surface area contributed by atoms with Crippen LogP contribution in [0.25, 0.3) is 0 Å². The molecule has 2 N–H and O–H groups in total. The maximum Gasteiger partial charge on any atom is 0.0183 e. The molecule has 0 heterocycles. The molecule has 1 nitrogen and oxygen atoms in total. The fourth-order valence-electron chi connectivity index (χ4n) is 4.14. The molecule has 2 unspecified atom stereocenters. The summed E-state index contributed by atoms with van der Waals surface area (Å²) in [7, 11) is 0. The van der Waals surface area contributed by atoms with Crippen LogP contribution in [0.1, 0.15) is 110 Å². The lowest BCUT2D eigenvalue weighted by atomic mass is 9.64. The van der Waals surface area contributed by atoms with Gasteiger partial charge in [0, 0.05) is 5.54 Å².